The first kappa shape index (κ1) is 25.5. The van der Waals surface area contributed by atoms with Crippen molar-refractivity contribution >= 4 is 22.9 Å². The minimum Gasteiger partial charge on any atom is -0.497 e. The number of hydrogen-bond donors (Lipinski definition) is 0. The number of fused-ring (bicyclic) bond motifs is 1. The van der Waals surface area contributed by atoms with Gasteiger partial charge in [-0.25, -0.2) is 0 Å². The fourth-order valence-corrected chi connectivity index (χ4v) is 4.54. The summed E-state index contributed by atoms with van der Waals surface area (Å²) in [5.74, 6) is 0.541. The summed E-state index contributed by atoms with van der Waals surface area (Å²) in [5.41, 5.74) is 1.77. The van der Waals surface area contributed by atoms with Gasteiger partial charge in [-0.3, -0.25) is 14.4 Å². The van der Waals surface area contributed by atoms with Crippen LogP contribution in [0.2, 0.25) is 0 Å². The normalized spacial score (nSPS) is 10.7. The van der Waals surface area contributed by atoms with Gasteiger partial charge in [0.25, 0.3) is 0 Å². The summed E-state index contributed by atoms with van der Waals surface area (Å²) < 4.78 is 17.3. The molecule has 2 aromatic heterocycles. The standard InChI is InChI=1S/C32H25NO6/c1-37-23-13-7-20(8-14-23)30(34)27-26-6-4-5-19-33(26)29(32(36)22-11-17-25(39-3)18-12-22)28(27)31(35)21-9-15-24(38-2)16-10-21/h4-19H,1-3H3. The van der Waals surface area contributed by atoms with Crippen LogP contribution in [-0.4, -0.2) is 43.1 Å². The van der Waals surface area contributed by atoms with Gasteiger partial charge in [-0.15, -0.1) is 0 Å². The molecule has 7 nitrogen and oxygen atoms in total. The molecule has 0 atom stereocenters. The highest BCUT2D eigenvalue weighted by Gasteiger charge is 2.32. The quantitative estimate of drug-likeness (QED) is 0.234. The number of benzene rings is 3. The minimum absolute atomic E-state index is 0.0352. The van der Waals surface area contributed by atoms with Gasteiger partial charge in [-0.05, 0) is 84.9 Å². The van der Waals surface area contributed by atoms with Gasteiger partial charge in [0.15, 0.2) is 11.6 Å². The van der Waals surface area contributed by atoms with E-state index >= 15 is 0 Å². The molecule has 0 radical (unpaired) electrons. The number of aromatic nitrogens is 1. The fourth-order valence-electron chi connectivity index (χ4n) is 4.54. The second-order valence-electron chi connectivity index (χ2n) is 8.73. The third kappa shape index (κ3) is 4.66. The van der Waals surface area contributed by atoms with Gasteiger partial charge in [0, 0.05) is 22.9 Å². The predicted octanol–water partition coefficient (Wildman–Crippen LogP) is 5.66. The van der Waals surface area contributed by atoms with Crippen molar-refractivity contribution in [2.24, 2.45) is 0 Å². The monoisotopic (exact) mass is 519 g/mol. The highest BCUT2D eigenvalue weighted by atomic mass is 16.5. The summed E-state index contributed by atoms with van der Waals surface area (Å²) in [7, 11) is 4.62. The van der Waals surface area contributed by atoms with Crippen LogP contribution in [0.25, 0.3) is 5.52 Å². The molecule has 2 heterocycles. The Kier molecular flexibility index (Phi) is 6.97. The fraction of sp³-hybridized carbons (Fsp3) is 0.0938. The van der Waals surface area contributed by atoms with Gasteiger partial charge < -0.3 is 18.6 Å². The molecule has 3 aromatic carbocycles. The molecule has 0 aliphatic carbocycles. The molecule has 0 saturated heterocycles. The number of methoxy groups -OCH3 is 3. The van der Waals surface area contributed by atoms with Gasteiger partial charge in [0.1, 0.15) is 22.9 Å². The maximum Gasteiger partial charge on any atom is 0.210 e. The van der Waals surface area contributed by atoms with E-state index in [-0.39, 0.29) is 22.6 Å². The van der Waals surface area contributed by atoms with Crippen LogP contribution in [0.5, 0.6) is 17.2 Å². The molecule has 39 heavy (non-hydrogen) atoms. The zero-order valence-electron chi connectivity index (χ0n) is 21.6. The summed E-state index contributed by atoms with van der Waals surface area (Å²) in [5, 5.41) is 0. The second-order valence-corrected chi connectivity index (χ2v) is 8.73. The topological polar surface area (TPSA) is 83.3 Å². The average Bonchev–Trinajstić information content (AvgIpc) is 3.35. The first-order valence-corrected chi connectivity index (χ1v) is 12.2. The van der Waals surface area contributed by atoms with E-state index in [0.717, 1.165) is 0 Å². The van der Waals surface area contributed by atoms with E-state index in [4.69, 9.17) is 14.2 Å². The number of rotatable bonds is 9. The molecular weight excluding hydrogens is 494 g/mol. The lowest BCUT2D eigenvalue weighted by Gasteiger charge is -2.09. The Morgan fingerprint density at radius 1 is 0.513 bits per heavy atom. The van der Waals surface area contributed by atoms with Crippen LogP contribution in [0.4, 0.5) is 0 Å². The van der Waals surface area contributed by atoms with Crippen molar-refractivity contribution in [1.29, 1.82) is 0 Å². The van der Waals surface area contributed by atoms with Crippen LogP contribution in [-0.2, 0) is 0 Å². The van der Waals surface area contributed by atoms with Gasteiger partial charge in [-0.2, -0.15) is 0 Å². The van der Waals surface area contributed by atoms with Gasteiger partial charge in [0.05, 0.1) is 38.0 Å². The molecule has 5 aromatic rings. The van der Waals surface area contributed by atoms with Crippen LogP contribution in [0, 0.1) is 0 Å². The lowest BCUT2D eigenvalue weighted by atomic mass is 9.92. The molecule has 0 N–H and O–H groups in total. The Morgan fingerprint density at radius 3 is 1.36 bits per heavy atom. The molecule has 5 rings (SSSR count). The summed E-state index contributed by atoms with van der Waals surface area (Å²) in [4.78, 5) is 42.2. The number of carbonyl (C=O) groups is 3. The number of ketones is 3. The van der Waals surface area contributed by atoms with E-state index in [9.17, 15) is 14.4 Å². The maximum absolute atomic E-state index is 14.1. The lowest BCUT2D eigenvalue weighted by Crippen LogP contribution is -2.15. The summed E-state index contributed by atoms with van der Waals surface area (Å²) >= 11 is 0. The van der Waals surface area contributed by atoms with Crippen molar-refractivity contribution in [3.8, 4) is 17.2 Å². The molecule has 0 aliphatic heterocycles. The molecule has 0 fully saturated rings. The van der Waals surface area contributed by atoms with Crippen LogP contribution in [0.1, 0.15) is 47.9 Å². The Hall–Kier alpha value is -5.17. The number of nitrogens with zero attached hydrogens (tertiary/aromatic N) is 1. The van der Waals surface area contributed by atoms with Crippen LogP contribution in [0.15, 0.2) is 97.2 Å². The average molecular weight is 520 g/mol. The summed E-state index contributed by atoms with van der Waals surface area (Å²) in [6, 6.07) is 25.1. The molecule has 0 unspecified atom stereocenters. The Bertz CT molecular complexity index is 1580. The molecule has 194 valence electrons. The molecule has 0 aliphatic rings. The lowest BCUT2D eigenvalue weighted by molar-refractivity contribution is 0.0991. The van der Waals surface area contributed by atoms with Crippen molar-refractivity contribution in [1.82, 2.24) is 4.40 Å². The van der Waals surface area contributed by atoms with Crippen LogP contribution < -0.4 is 14.2 Å². The molecule has 0 saturated carbocycles. The highest BCUT2D eigenvalue weighted by molar-refractivity contribution is 6.28. The Balaban J connectivity index is 1.77. The van der Waals surface area contributed by atoms with Crippen molar-refractivity contribution in [2.75, 3.05) is 21.3 Å². The highest BCUT2D eigenvalue weighted by Crippen LogP contribution is 2.31. The summed E-state index contributed by atoms with van der Waals surface area (Å²) in [6.07, 6.45) is 1.68. The van der Waals surface area contributed by atoms with Gasteiger partial charge in [-0.1, -0.05) is 6.07 Å². The van der Waals surface area contributed by atoms with E-state index in [2.05, 4.69) is 0 Å². The van der Waals surface area contributed by atoms with E-state index in [1.54, 1.807) is 116 Å². The van der Waals surface area contributed by atoms with Crippen LogP contribution >= 0.6 is 0 Å². The third-order valence-corrected chi connectivity index (χ3v) is 6.57. The van der Waals surface area contributed by atoms with Crippen LogP contribution in [0.3, 0.4) is 0 Å². The number of carbonyl (C=O) groups excluding carboxylic acids is 3. The Labute approximate surface area is 225 Å². The SMILES string of the molecule is COc1ccc(C(=O)c2c(C(=O)c3ccc(OC)cc3)c3ccccn3c2C(=O)c2ccc(OC)cc2)cc1. The Morgan fingerprint density at radius 2 is 0.923 bits per heavy atom. The first-order chi connectivity index (χ1) is 19.0. The largest absolute Gasteiger partial charge is 0.497 e. The smallest absolute Gasteiger partial charge is 0.210 e. The van der Waals surface area contributed by atoms with Gasteiger partial charge in [0.2, 0.25) is 5.78 Å². The first-order valence-electron chi connectivity index (χ1n) is 12.2. The van der Waals surface area contributed by atoms with Crippen molar-refractivity contribution in [3.05, 3.63) is 131 Å². The summed E-state index contributed by atoms with van der Waals surface area (Å²) in [6.45, 7) is 0. The molecule has 0 bridgehead atoms. The van der Waals surface area contributed by atoms with E-state index in [1.165, 1.54) is 7.11 Å². The number of pyridine rings is 1. The van der Waals surface area contributed by atoms with Crippen molar-refractivity contribution in [3.63, 3.8) is 0 Å². The van der Waals surface area contributed by atoms with E-state index in [0.29, 0.717) is 39.5 Å². The maximum atomic E-state index is 14.1. The second kappa shape index (κ2) is 10.7. The molecule has 0 spiro atoms. The number of hydrogen-bond acceptors (Lipinski definition) is 6. The van der Waals surface area contributed by atoms with Crippen molar-refractivity contribution in [2.45, 2.75) is 0 Å². The van der Waals surface area contributed by atoms with Gasteiger partial charge >= 0.3 is 0 Å². The van der Waals surface area contributed by atoms with E-state index < -0.39 is 11.6 Å². The zero-order valence-corrected chi connectivity index (χ0v) is 21.6. The van der Waals surface area contributed by atoms with E-state index in [1.807, 2.05) is 0 Å². The van der Waals surface area contributed by atoms with Crippen molar-refractivity contribution < 1.29 is 28.6 Å². The third-order valence-electron chi connectivity index (χ3n) is 6.57. The molecule has 7 heteroatoms. The zero-order chi connectivity index (χ0) is 27.5. The number of ether oxygens (including phenoxy) is 3. The predicted molar refractivity (Wildman–Crippen MR) is 147 cm³/mol. The minimum atomic E-state index is -0.449. The molecular formula is C32H25NO6. The molecule has 0 amide bonds.